The highest BCUT2D eigenvalue weighted by molar-refractivity contribution is 5.93. The number of carbonyl (C=O) groups is 3. The zero-order valence-electron chi connectivity index (χ0n) is 15.2. The van der Waals surface area contributed by atoms with Crippen LogP contribution in [0.3, 0.4) is 0 Å². The van der Waals surface area contributed by atoms with Crippen LogP contribution < -0.4 is 5.32 Å². The van der Waals surface area contributed by atoms with Gasteiger partial charge >= 0.3 is 5.97 Å². The second-order valence-electron chi connectivity index (χ2n) is 7.26. The van der Waals surface area contributed by atoms with Crippen molar-refractivity contribution in [2.45, 2.75) is 51.5 Å². The number of rotatable bonds is 5. The summed E-state index contributed by atoms with van der Waals surface area (Å²) in [6.07, 6.45) is 5.74. The van der Waals surface area contributed by atoms with Crippen LogP contribution in [0, 0.1) is 12.8 Å². The Morgan fingerprint density at radius 2 is 2.00 bits per heavy atom. The van der Waals surface area contributed by atoms with E-state index in [1.54, 1.807) is 6.07 Å². The Bertz CT molecular complexity index is 682. The molecule has 6 heteroatoms. The van der Waals surface area contributed by atoms with Gasteiger partial charge < -0.3 is 15.0 Å². The lowest BCUT2D eigenvalue weighted by molar-refractivity contribution is -0.151. The smallest absolute Gasteiger partial charge is 0.311 e. The summed E-state index contributed by atoms with van der Waals surface area (Å²) in [6, 6.07) is 7.67. The van der Waals surface area contributed by atoms with Crippen molar-refractivity contribution >= 4 is 23.5 Å². The summed E-state index contributed by atoms with van der Waals surface area (Å²) < 4.78 is 5.14. The molecule has 0 spiro atoms. The maximum atomic E-state index is 12.2. The quantitative estimate of drug-likeness (QED) is 0.821. The van der Waals surface area contributed by atoms with Gasteiger partial charge in [0.15, 0.2) is 6.61 Å². The van der Waals surface area contributed by atoms with Crippen molar-refractivity contribution in [3.05, 3.63) is 29.8 Å². The van der Waals surface area contributed by atoms with Gasteiger partial charge in [-0.1, -0.05) is 31.4 Å². The van der Waals surface area contributed by atoms with E-state index in [1.807, 2.05) is 30.0 Å². The van der Waals surface area contributed by atoms with Crippen LogP contribution in [0.15, 0.2) is 24.3 Å². The van der Waals surface area contributed by atoms with E-state index in [0.29, 0.717) is 12.2 Å². The Hall–Kier alpha value is -2.37. The molecule has 2 amide bonds. The average molecular weight is 358 g/mol. The number of nitrogens with one attached hydrogen (secondary N) is 1. The summed E-state index contributed by atoms with van der Waals surface area (Å²) >= 11 is 0. The number of hydrogen-bond acceptors (Lipinski definition) is 4. The third kappa shape index (κ3) is 4.62. The number of hydrogen-bond donors (Lipinski definition) is 1. The topological polar surface area (TPSA) is 75.7 Å². The van der Waals surface area contributed by atoms with Crippen molar-refractivity contribution in [1.29, 1.82) is 0 Å². The van der Waals surface area contributed by atoms with Crippen LogP contribution in [0.4, 0.5) is 5.69 Å². The summed E-state index contributed by atoms with van der Waals surface area (Å²) in [4.78, 5) is 38.3. The lowest BCUT2D eigenvalue weighted by atomic mass is 9.94. The molecule has 2 fully saturated rings. The standard InChI is InChI=1S/C20H26N2O4/c1-14-6-5-7-16(10-14)21-18(23)13-26-20(25)15-11-19(24)22(12-15)17-8-3-2-4-9-17/h5-7,10,15,17H,2-4,8-9,11-13H2,1H3,(H,21,23)/t15-/m1/s1. The zero-order valence-corrected chi connectivity index (χ0v) is 15.2. The zero-order chi connectivity index (χ0) is 18.5. The van der Waals surface area contributed by atoms with E-state index in [0.717, 1.165) is 31.2 Å². The summed E-state index contributed by atoms with van der Waals surface area (Å²) in [7, 11) is 0. The molecule has 0 aromatic heterocycles. The first kappa shape index (κ1) is 18.4. The van der Waals surface area contributed by atoms with E-state index in [1.165, 1.54) is 6.42 Å². The van der Waals surface area contributed by atoms with Gasteiger partial charge in [0.25, 0.3) is 5.91 Å². The van der Waals surface area contributed by atoms with E-state index >= 15 is 0 Å². The molecule has 1 aliphatic heterocycles. The Labute approximate surface area is 153 Å². The molecule has 1 atom stereocenters. The van der Waals surface area contributed by atoms with Crippen LogP contribution in [0.1, 0.15) is 44.1 Å². The van der Waals surface area contributed by atoms with Crippen molar-refractivity contribution in [3.8, 4) is 0 Å². The normalized spacial score (nSPS) is 20.9. The molecule has 0 unspecified atom stereocenters. The summed E-state index contributed by atoms with van der Waals surface area (Å²) in [5, 5.41) is 2.70. The van der Waals surface area contributed by atoms with E-state index in [9.17, 15) is 14.4 Å². The second-order valence-corrected chi connectivity index (χ2v) is 7.26. The molecule has 2 aliphatic rings. The van der Waals surface area contributed by atoms with E-state index < -0.39 is 11.9 Å². The van der Waals surface area contributed by atoms with Crippen molar-refractivity contribution in [2.24, 2.45) is 5.92 Å². The highest BCUT2D eigenvalue weighted by Crippen LogP contribution is 2.29. The molecule has 1 N–H and O–H groups in total. The Morgan fingerprint density at radius 3 is 2.73 bits per heavy atom. The van der Waals surface area contributed by atoms with E-state index in [2.05, 4.69) is 5.32 Å². The Morgan fingerprint density at radius 1 is 1.23 bits per heavy atom. The molecule has 1 saturated heterocycles. The number of amides is 2. The van der Waals surface area contributed by atoms with Gasteiger partial charge in [-0.2, -0.15) is 0 Å². The molecule has 1 saturated carbocycles. The number of aryl methyl sites for hydroxylation is 1. The fourth-order valence-electron chi connectivity index (χ4n) is 3.81. The Balaban J connectivity index is 1.46. The van der Waals surface area contributed by atoms with Crippen molar-refractivity contribution < 1.29 is 19.1 Å². The number of carbonyl (C=O) groups excluding carboxylic acids is 3. The van der Waals surface area contributed by atoms with Crippen molar-refractivity contribution in [3.63, 3.8) is 0 Å². The van der Waals surface area contributed by atoms with Crippen LogP contribution in [-0.2, 0) is 19.1 Å². The van der Waals surface area contributed by atoms with Crippen molar-refractivity contribution in [2.75, 3.05) is 18.5 Å². The lowest BCUT2D eigenvalue weighted by Crippen LogP contribution is -2.38. The summed E-state index contributed by atoms with van der Waals surface area (Å²) in [6.45, 7) is 2.02. The highest BCUT2D eigenvalue weighted by Gasteiger charge is 2.39. The maximum Gasteiger partial charge on any atom is 0.311 e. The molecule has 1 aromatic rings. The number of ether oxygens (including phenoxy) is 1. The van der Waals surface area contributed by atoms with Crippen LogP contribution in [0.5, 0.6) is 0 Å². The minimum Gasteiger partial charge on any atom is -0.455 e. The summed E-state index contributed by atoms with van der Waals surface area (Å²) in [5.41, 5.74) is 1.71. The first-order valence-corrected chi connectivity index (χ1v) is 9.35. The van der Waals surface area contributed by atoms with Crippen LogP contribution in [0.25, 0.3) is 0 Å². The van der Waals surface area contributed by atoms with Crippen molar-refractivity contribution in [1.82, 2.24) is 4.90 Å². The molecule has 1 aliphatic carbocycles. The van der Waals surface area contributed by atoms with E-state index in [-0.39, 0.29) is 30.9 Å². The number of nitrogens with zero attached hydrogens (tertiary/aromatic N) is 1. The summed E-state index contributed by atoms with van der Waals surface area (Å²) in [5.74, 6) is -1.27. The van der Waals surface area contributed by atoms with Gasteiger partial charge in [0.1, 0.15) is 0 Å². The molecule has 1 aromatic carbocycles. The SMILES string of the molecule is Cc1cccc(NC(=O)COC(=O)[C@@H]2CC(=O)N(C3CCCCC3)C2)c1. The van der Waals surface area contributed by atoms with Crippen LogP contribution in [0.2, 0.25) is 0 Å². The average Bonchev–Trinajstić information content (AvgIpc) is 3.02. The van der Waals surface area contributed by atoms with Crippen LogP contribution in [-0.4, -0.2) is 41.9 Å². The van der Waals surface area contributed by atoms with Gasteiger partial charge in [0.2, 0.25) is 5.91 Å². The Kier molecular flexibility index (Phi) is 5.91. The van der Waals surface area contributed by atoms with E-state index in [4.69, 9.17) is 4.74 Å². The number of esters is 1. The van der Waals surface area contributed by atoms with Gasteiger partial charge in [-0.25, -0.2) is 0 Å². The fraction of sp³-hybridized carbons (Fsp3) is 0.550. The molecular weight excluding hydrogens is 332 g/mol. The highest BCUT2D eigenvalue weighted by atomic mass is 16.5. The molecule has 3 rings (SSSR count). The number of benzene rings is 1. The molecule has 26 heavy (non-hydrogen) atoms. The van der Waals surface area contributed by atoms with Gasteiger partial charge in [0, 0.05) is 24.7 Å². The first-order chi connectivity index (χ1) is 12.5. The third-order valence-electron chi connectivity index (χ3n) is 5.15. The third-order valence-corrected chi connectivity index (χ3v) is 5.15. The second kappa shape index (κ2) is 8.34. The van der Waals surface area contributed by atoms with Crippen LogP contribution >= 0.6 is 0 Å². The lowest BCUT2D eigenvalue weighted by Gasteiger charge is -2.31. The molecule has 1 heterocycles. The monoisotopic (exact) mass is 358 g/mol. The predicted octanol–water partition coefficient (Wildman–Crippen LogP) is 2.66. The molecule has 0 bridgehead atoms. The van der Waals surface area contributed by atoms with Gasteiger partial charge in [0.05, 0.1) is 5.92 Å². The minimum absolute atomic E-state index is 0.0306. The van der Waals surface area contributed by atoms with Gasteiger partial charge in [-0.05, 0) is 37.5 Å². The molecule has 0 radical (unpaired) electrons. The van der Waals surface area contributed by atoms with Gasteiger partial charge in [-0.3, -0.25) is 14.4 Å². The number of anilines is 1. The minimum atomic E-state index is -0.462. The molecule has 6 nitrogen and oxygen atoms in total. The predicted molar refractivity (Wildman–Crippen MR) is 97.5 cm³/mol. The molecular formula is C20H26N2O4. The van der Waals surface area contributed by atoms with Gasteiger partial charge in [-0.15, -0.1) is 0 Å². The largest absolute Gasteiger partial charge is 0.455 e. The fourth-order valence-corrected chi connectivity index (χ4v) is 3.81. The number of likely N-dealkylation sites (tertiary alicyclic amines) is 1. The molecule has 140 valence electrons. The maximum absolute atomic E-state index is 12.2. The first-order valence-electron chi connectivity index (χ1n) is 9.35.